The van der Waals surface area contributed by atoms with E-state index in [-0.39, 0.29) is 17.4 Å². The van der Waals surface area contributed by atoms with Crippen molar-refractivity contribution in [1.29, 1.82) is 0 Å². The van der Waals surface area contributed by atoms with Gasteiger partial charge in [0.1, 0.15) is 18.5 Å². The van der Waals surface area contributed by atoms with Gasteiger partial charge in [0.15, 0.2) is 0 Å². The first-order valence-electron chi connectivity index (χ1n) is 6.67. The predicted molar refractivity (Wildman–Crippen MR) is 73.2 cm³/mol. The number of amides is 1. The molecule has 0 aliphatic carbocycles. The van der Waals surface area contributed by atoms with E-state index in [4.69, 9.17) is 14.6 Å². The number of ether oxygens (including phenoxy) is 2. The van der Waals surface area contributed by atoms with Gasteiger partial charge in [-0.3, -0.25) is 4.79 Å². The molecule has 0 spiro atoms. The lowest BCUT2D eigenvalue weighted by atomic mass is 10.1. The van der Waals surface area contributed by atoms with Gasteiger partial charge in [-0.25, -0.2) is 13.6 Å². The molecule has 3 rings (SSSR count). The van der Waals surface area contributed by atoms with Crippen molar-refractivity contribution < 1.29 is 22.7 Å². The van der Waals surface area contributed by atoms with E-state index in [1.807, 2.05) is 0 Å². The van der Waals surface area contributed by atoms with Crippen molar-refractivity contribution >= 4 is 15.9 Å². The van der Waals surface area contributed by atoms with E-state index < -0.39 is 22.2 Å². The van der Waals surface area contributed by atoms with Gasteiger partial charge in [-0.05, 0) is 31.0 Å². The van der Waals surface area contributed by atoms with E-state index in [0.717, 1.165) is 6.42 Å². The van der Waals surface area contributed by atoms with Crippen LogP contribution in [0.15, 0.2) is 23.1 Å². The molecule has 0 saturated carbocycles. The van der Waals surface area contributed by atoms with Crippen LogP contribution in [-0.4, -0.2) is 33.6 Å². The second-order valence-electron chi connectivity index (χ2n) is 5.12. The summed E-state index contributed by atoms with van der Waals surface area (Å²) in [6, 6.07) is 3.99. The number of rotatable bonds is 3. The standard InChI is InChI=1S/C13H16N2O5S/c14-21(17,18)8-3-4-11-9(6-8)10(7-20-11)15-13(16)12-2-1-5-19-12/h3-4,6,10,12H,1-2,5,7H2,(H,15,16)(H2,14,17,18). The maximum Gasteiger partial charge on any atom is 0.249 e. The quantitative estimate of drug-likeness (QED) is 0.820. The molecule has 1 saturated heterocycles. The summed E-state index contributed by atoms with van der Waals surface area (Å²) in [4.78, 5) is 12.1. The highest BCUT2D eigenvalue weighted by Gasteiger charge is 2.31. The van der Waals surface area contributed by atoms with E-state index in [2.05, 4.69) is 5.32 Å². The molecule has 1 aromatic rings. The summed E-state index contributed by atoms with van der Waals surface area (Å²) >= 11 is 0. The summed E-state index contributed by atoms with van der Waals surface area (Å²) < 4.78 is 33.6. The molecule has 0 aromatic heterocycles. The molecule has 7 nitrogen and oxygen atoms in total. The number of fused-ring (bicyclic) bond motifs is 1. The Hall–Kier alpha value is -1.64. The summed E-state index contributed by atoms with van der Waals surface area (Å²) in [6.07, 6.45) is 1.13. The van der Waals surface area contributed by atoms with Gasteiger partial charge in [-0.1, -0.05) is 0 Å². The third-order valence-corrected chi connectivity index (χ3v) is 4.54. The molecule has 2 heterocycles. The Kier molecular flexibility index (Phi) is 3.60. The van der Waals surface area contributed by atoms with E-state index in [1.54, 1.807) is 6.07 Å². The Balaban J connectivity index is 1.80. The first kappa shape index (κ1) is 14.3. The Bertz CT molecular complexity index is 667. The minimum Gasteiger partial charge on any atom is -0.491 e. The van der Waals surface area contributed by atoms with Crippen LogP contribution in [0.3, 0.4) is 0 Å². The van der Waals surface area contributed by atoms with Crippen molar-refractivity contribution in [2.75, 3.05) is 13.2 Å². The van der Waals surface area contributed by atoms with Crippen molar-refractivity contribution in [3.05, 3.63) is 23.8 Å². The van der Waals surface area contributed by atoms with Crippen LogP contribution in [0, 0.1) is 0 Å². The minimum absolute atomic E-state index is 0.00288. The number of hydrogen-bond acceptors (Lipinski definition) is 5. The number of benzene rings is 1. The lowest BCUT2D eigenvalue weighted by molar-refractivity contribution is -0.130. The molecule has 2 aliphatic heterocycles. The van der Waals surface area contributed by atoms with Gasteiger partial charge in [0, 0.05) is 12.2 Å². The lowest BCUT2D eigenvalue weighted by Crippen LogP contribution is -2.37. The highest BCUT2D eigenvalue weighted by molar-refractivity contribution is 7.89. The molecule has 2 unspecified atom stereocenters. The maximum absolute atomic E-state index is 12.1. The zero-order valence-electron chi connectivity index (χ0n) is 11.2. The first-order chi connectivity index (χ1) is 9.95. The van der Waals surface area contributed by atoms with Crippen molar-refractivity contribution in [2.24, 2.45) is 5.14 Å². The third-order valence-electron chi connectivity index (χ3n) is 3.63. The average molecular weight is 312 g/mol. The van der Waals surface area contributed by atoms with Gasteiger partial charge >= 0.3 is 0 Å². The summed E-state index contributed by atoms with van der Waals surface area (Å²) in [5, 5.41) is 7.95. The number of hydrogen-bond donors (Lipinski definition) is 2. The summed E-state index contributed by atoms with van der Waals surface area (Å²) in [5.41, 5.74) is 0.618. The third kappa shape index (κ3) is 2.87. The molecule has 2 aliphatic rings. The molecule has 3 N–H and O–H groups in total. The highest BCUT2D eigenvalue weighted by Crippen LogP contribution is 2.34. The zero-order valence-corrected chi connectivity index (χ0v) is 12.1. The molecule has 114 valence electrons. The van der Waals surface area contributed by atoms with Crippen LogP contribution in [0.25, 0.3) is 0 Å². The minimum atomic E-state index is -3.78. The molecular weight excluding hydrogens is 296 g/mol. The van der Waals surface area contributed by atoms with Crippen LogP contribution in [0.4, 0.5) is 0 Å². The fraction of sp³-hybridized carbons (Fsp3) is 0.462. The van der Waals surface area contributed by atoms with E-state index in [1.165, 1.54) is 12.1 Å². The van der Waals surface area contributed by atoms with Crippen molar-refractivity contribution in [3.63, 3.8) is 0 Å². The van der Waals surface area contributed by atoms with Crippen LogP contribution < -0.4 is 15.2 Å². The Morgan fingerprint density at radius 2 is 2.19 bits per heavy atom. The number of carbonyl (C=O) groups is 1. The monoisotopic (exact) mass is 312 g/mol. The van der Waals surface area contributed by atoms with Crippen LogP contribution in [0.2, 0.25) is 0 Å². The molecule has 0 bridgehead atoms. The first-order valence-corrected chi connectivity index (χ1v) is 8.21. The van der Waals surface area contributed by atoms with Gasteiger partial charge < -0.3 is 14.8 Å². The Morgan fingerprint density at radius 3 is 2.86 bits per heavy atom. The molecule has 2 atom stereocenters. The van der Waals surface area contributed by atoms with E-state index in [0.29, 0.717) is 24.3 Å². The predicted octanol–water partition coefficient (Wildman–Crippen LogP) is 0.0627. The number of primary sulfonamides is 1. The van der Waals surface area contributed by atoms with E-state index in [9.17, 15) is 13.2 Å². The number of nitrogens with two attached hydrogens (primary N) is 1. The normalized spacial score (nSPS) is 24.4. The molecule has 1 fully saturated rings. The van der Waals surface area contributed by atoms with Crippen molar-refractivity contribution in [3.8, 4) is 5.75 Å². The maximum atomic E-state index is 12.1. The smallest absolute Gasteiger partial charge is 0.249 e. The van der Waals surface area contributed by atoms with Crippen LogP contribution >= 0.6 is 0 Å². The topological polar surface area (TPSA) is 108 Å². The molecule has 0 radical (unpaired) electrons. The molecular formula is C13H16N2O5S. The van der Waals surface area contributed by atoms with Gasteiger partial charge in [0.05, 0.1) is 10.9 Å². The number of nitrogens with one attached hydrogen (secondary N) is 1. The van der Waals surface area contributed by atoms with Gasteiger partial charge in [0.2, 0.25) is 15.9 Å². The summed E-state index contributed by atoms with van der Waals surface area (Å²) in [7, 11) is -3.78. The van der Waals surface area contributed by atoms with Crippen LogP contribution in [-0.2, 0) is 19.6 Å². The highest BCUT2D eigenvalue weighted by atomic mass is 32.2. The summed E-state index contributed by atoms with van der Waals surface area (Å²) in [6.45, 7) is 0.854. The number of carbonyl (C=O) groups excluding carboxylic acids is 1. The van der Waals surface area contributed by atoms with Gasteiger partial charge in [0.25, 0.3) is 0 Å². The van der Waals surface area contributed by atoms with Crippen molar-refractivity contribution in [1.82, 2.24) is 5.32 Å². The largest absolute Gasteiger partial charge is 0.491 e. The van der Waals surface area contributed by atoms with Crippen LogP contribution in [0.1, 0.15) is 24.4 Å². The lowest BCUT2D eigenvalue weighted by Gasteiger charge is -2.15. The average Bonchev–Trinajstić information content (AvgIpc) is 3.07. The molecule has 8 heteroatoms. The second kappa shape index (κ2) is 5.28. The fourth-order valence-corrected chi connectivity index (χ4v) is 3.09. The molecule has 1 amide bonds. The zero-order chi connectivity index (χ0) is 15.0. The molecule has 21 heavy (non-hydrogen) atoms. The fourth-order valence-electron chi connectivity index (χ4n) is 2.54. The second-order valence-corrected chi connectivity index (χ2v) is 6.68. The Labute approximate surface area is 122 Å². The Morgan fingerprint density at radius 1 is 1.38 bits per heavy atom. The van der Waals surface area contributed by atoms with Crippen molar-refractivity contribution in [2.45, 2.75) is 29.9 Å². The number of sulfonamides is 1. The van der Waals surface area contributed by atoms with E-state index >= 15 is 0 Å². The van der Waals surface area contributed by atoms with Gasteiger partial charge in [-0.2, -0.15) is 0 Å². The SMILES string of the molecule is NS(=O)(=O)c1ccc2c(c1)C(NC(=O)C1CCCO1)CO2. The molecule has 1 aromatic carbocycles. The van der Waals surface area contributed by atoms with Gasteiger partial charge in [-0.15, -0.1) is 0 Å². The summed E-state index contributed by atoms with van der Waals surface area (Å²) in [5.74, 6) is 0.356. The van der Waals surface area contributed by atoms with Crippen LogP contribution in [0.5, 0.6) is 5.75 Å².